The Balaban J connectivity index is 2.11. The Bertz CT molecular complexity index is 462. The lowest BCUT2D eigenvalue weighted by Gasteiger charge is -1.98. The Morgan fingerprint density at radius 3 is 3.06 bits per heavy atom. The lowest BCUT2D eigenvalue weighted by atomic mass is 10.4. The first-order chi connectivity index (χ1) is 7.81. The maximum Gasteiger partial charge on any atom is 0.270 e. The predicted molar refractivity (Wildman–Crippen MR) is 68.1 cm³/mol. The summed E-state index contributed by atoms with van der Waals surface area (Å²) in [5.74, 6) is -0.0825. The van der Waals surface area contributed by atoms with E-state index >= 15 is 0 Å². The molecule has 0 unspecified atom stereocenters. The molecule has 2 aromatic rings. The van der Waals surface area contributed by atoms with Gasteiger partial charge in [0.2, 0.25) is 0 Å². The fourth-order valence-electron chi connectivity index (χ4n) is 1.22. The molecular weight excluding hydrogens is 240 g/mol. The smallest absolute Gasteiger partial charge is 0.270 e. The third kappa shape index (κ3) is 2.48. The van der Waals surface area contributed by atoms with Gasteiger partial charge in [-0.15, -0.1) is 22.7 Å². The van der Waals surface area contributed by atoms with Gasteiger partial charge in [-0.05, 0) is 17.9 Å². The number of carbonyl (C=O) groups is 1. The van der Waals surface area contributed by atoms with Crippen LogP contribution in [0.15, 0.2) is 22.9 Å². The third-order valence-corrected chi connectivity index (χ3v) is 3.89. The number of carbonyl (C=O) groups excluding carboxylic acids is 1. The van der Waals surface area contributed by atoms with E-state index in [1.54, 1.807) is 16.7 Å². The van der Waals surface area contributed by atoms with Gasteiger partial charge in [0, 0.05) is 11.9 Å². The van der Waals surface area contributed by atoms with E-state index in [2.05, 4.69) is 10.3 Å². The van der Waals surface area contributed by atoms with Crippen molar-refractivity contribution in [2.45, 2.75) is 13.3 Å². The molecule has 2 rings (SSSR count). The summed E-state index contributed by atoms with van der Waals surface area (Å²) in [5, 5.41) is 7.54. The average Bonchev–Trinajstić information content (AvgIpc) is 2.94. The fourth-order valence-corrected chi connectivity index (χ4v) is 2.83. The number of hydrogen-bond acceptors (Lipinski definition) is 4. The molecule has 84 valence electrons. The number of thiazole rings is 1. The summed E-state index contributed by atoms with van der Waals surface area (Å²) in [6, 6.07) is 4.00. The van der Waals surface area contributed by atoms with E-state index in [1.807, 2.05) is 24.4 Å². The summed E-state index contributed by atoms with van der Waals surface area (Å²) in [6.07, 6.45) is 0.938. The Morgan fingerprint density at radius 1 is 1.50 bits per heavy atom. The number of thiophene rings is 1. The van der Waals surface area contributed by atoms with Crippen LogP contribution in [0.3, 0.4) is 0 Å². The molecule has 5 heteroatoms. The van der Waals surface area contributed by atoms with Crippen LogP contribution in [0.2, 0.25) is 0 Å². The molecule has 0 fully saturated rings. The van der Waals surface area contributed by atoms with Gasteiger partial charge in [-0.25, -0.2) is 4.98 Å². The standard InChI is InChI=1S/C11H12N2OS2/c1-2-5-12-10(14)8-7-16-11(13-8)9-4-3-6-15-9/h3-4,6-7H,2,5H2,1H3,(H,12,14). The number of rotatable bonds is 4. The minimum atomic E-state index is -0.0825. The maximum atomic E-state index is 11.6. The van der Waals surface area contributed by atoms with Crippen LogP contribution < -0.4 is 5.32 Å². The van der Waals surface area contributed by atoms with E-state index in [1.165, 1.54) is 11.3 Å². The summed E-state index contributed by atoms with van der Waals surface area (Å²) in [6.45, 7) is 2.73. The molecule has 0 bridgehead atoms. The molecule has 1 amide bonds. The van der Waals surface area contributed by atoms with Gasteiger partial charge >= 0.3 is 0 Å². The van der Waals surface area contributed by atoms with Gasteiger partial charge in [0.05, 0.1) is 4.88 Å². The SMILES string of the molecule is CCCNC(=O)c1csc(-c2cccs2)n1. The van der Waals surface area contributed by atoms with Crippen molar-refractivity contribution in [1.82, 2.24) is 10.3 Å². The molecule has 3 nitrogen and oxygen atoms in total. The Labute approximate surface area is 102 Å². The van der Waals surface area contributed by atoms with Crippen molar-refractivity contribution < 1.29 is 4.79 Å². The average molecular weight is 252 g/mol. The van der Waals surface area contributed by atoms with Crippen molar-refractivity contribution in [1.29, 1.82) is 0 Å². The summed E-state index contributed by atoms with van der Waals surface area (Å²) < 4.78 is 0. The number of nitrogens with zero attached hydrogens (tertiary/aromatic N) is 1. The van der Waals surface area contributed by atoms with E-state index in [0.29, 0.717) is 12.2 Å². The minimum absolute atomic E-state index is 0.0825. The van der Waals surface area contributed by atoms with E-state index in [0.717, 1.165) is 16.3 Å². The zero-order valence-corrected chi connectivity index (χ0v) is 10.5. The highest BCUT2D eigenvalue weighted by atomic mass is 32.1. The van der Waals surface area contributed by atoms with E-state index in [-0.39, 0.29) is 5.91 Å². The first kappa shape index (κ1) is 11.3. The zero-order valence-electron chi connectivity index (χ0n) is 8.90. The Hall–Kier alpha value is -1.20. The van der Waals surface area contributed by atoms with Crippen LogP contribution in [0.25, 0.3) is 9.88 Å². The van der Waals surface area contributed by atoms with Gasteiger partial charge < -0.3 is 5.32 Å². The molecular formula is C11H12N2OS2. The number of aromatic nitrogens is 1. The van der Waals surface area contributed by atoms with Gasteiger partial charge in [0.25, 0.3) is 5.91 Å². The normalized spacial score (nSPS) is 10.3. The fraction of sp³-hybridized carbons (Fsp3) is 0.273. The molecule has 0 atom stereocenters. The monoisotopic (exact) mass is 252 g/mol. The molecule has 16 heavy (non-hydrogen) atoms. The molecule has 0 saturated carbocycles. The number of nitrogens with one attached hydrogen (secondary N) is 1. The molecule has 2 aromatic heterocycles. The molecule has 0 aliphatic heterocycles. The van der Waals surface area contributed by atoms with Crippen LogP contribution in [0.5, 0.6) is 0 Å². The van der Waals surface area contributed by atoms with Gasteiger partial charge in [0.15, 0.2) is 0 Å². The zero-order chi connectivity index (χ0) is 11.4. The highest BCUT2D eigenvalue weighted by Gasteiger charge is 2.11. The Morgan fingerprint density at radius 2 is 2.38 bits per heavy atom. The predicted octanol–water partition coefficient (Wildman–Crippen LogP) is 3.01. The lowest BCUT2D eigenvalue weighted by Crippen LogP contribution is -2.24. The van der Waals surface area contributed by atoms with Crippen molar-refractivity contribution >= 4 is 28.6 Å². The summed E-state index contributed by atoms with van der Waals surface area (Å²) in [7, 11) is 0. The van der Waals surface area contributed by atoms with Gasteiger partial charge in [-0.2, -0.15) is 0 Å². The van der Waals surface area contributed by atoms with E-state index < -0.39 is 0 Å². The first-order valence-electron chi connectivity index (χ1n) is 5.09. The van der Waals surface area contributed by atoms with Crippen LogP contribution in [-0.2, 0) is 0 Å². The van der Waals surface area contributed by atoms with Crippen LogP contribution in [0.1, 0.15) is 23.8 Å². The highest BCUT2D eigenvalue weighted by Crippen LogP contribution is 2.27. The van der Waals surface area contributed by atoms with E-state index in [9.17, 15) is 4.79 Å². The molecule has 0 aliphatic rings. The second kappa shape index (κ2) is 5.23. The topological polar surface area (TPSA) is 42.0 Å². The largest absolute Gasteiger partial charge is 0.351 e. The van der Waals surface area contributed by atoms with Crippen molar-refractivity contribution in [2.75, 3.05) is 6.54 Å². The highest BCUT2D eigenvalue weighted by molar-refractivity contribution is 7.20. The van der Waals surface area contributed by atoms with Crippen molar-refractivity contribution in [2.24, 2.45) is 0 Å². The maximum absolute atomic E-state index is 11.6. The molecule has 2 heterocycles. The molecule has 0 aliphatic carbocycles. The van der Waals surface area contributed by atoms with Crippen LogP contribution in [0, 0.1) is 0 Å². The van der Waals surface area contributed by atoms with Gasteiger partial charge in [0.1, 0.15) is 10.7 Å². The molecule has 0 aromatic carbocycles. The second-order valence-corrected chi connectivity index (χ2v) is 5.08. The van der Waals surface area contributed by atoms with Crippen molar-refractivity contribution in [3.63, 3.8) is 0 Å². The molecule has 0 radical (unpaired) electrons. The van der Waals surface area contributed by atoms with E-state index in [4.69, 9.17) is 0 Å². The Kier molecular flexibility index (Phi) is 3.69. The molecule has 0 spiro atoms. The molecule has 1 N–H and O–H groups in total. The lowest BCUT2D eigenvalue weighted by molar-refractivity contribution is 0.0949. The second-order valence-electron chi connectivity index (χ2n) is 3.27. The summed E-state index contributed by atoms with van der Waals surface area (Å²) in [5.41, 5.74) is 0.516. The van der Waals surface area contributed by atoms with Crippen LogP contribution >= 0.6 is 22.7 Å². The van der Waals surface area contributed by atoms with Gasteiger partial charge in [-0.3, -0.25) is 4.79 Å². The summed E-state index contributed by atoms with van der Waals surface area (Å²) >= 11 is 3.14. The minimum Gasteiger partial charge on any atom is -0.351 e. The van der Waals surface area contributed by atoms with Crippen molar-refractivity contribution in [3.05, 3.63) is 28.6 Å². The first-order valence-corrected chi connectivity index (χ1v) is 6.84. The van der Waals surface area contributed by atoms with Crippen molar-refractivity contribution in [3.8, 4) is 9.88 Å². The number of amides is 1. The van der Waals surface area contributed by atoms with Gasteiger partial charge in [-0.1, -0.05) is 13.0 Å². The van der Waals surface area contributed by atoms with Crippen LogP contribution in [-0.4, -0.2) is 17.4 Å². The number of hydrogen-bond donors (Lipinski definition) is 1. The molecule has 0 saturated heterocycles. The third-order valence-electron chi connectivity index (χ3n) is 2.00. The van der Waals surface area contributed by atoms with Crippen LogP contribution in [0.4, 0.5) is 0 Å². The summed E-state index contributed by atoms with van der Waals surface area (Å²) in [4.78, 5) is 17.1. The quantitative estimate of drug-likeness (QED) is 0.909.